The van der Waals surface area contributed by atoms with E-state index in [0.717, 1.165) is 12.1 Å². The van der Waals surface area contributed by atoms with Gasteiger partial charge in [0.05, 0.1) is 5.56 Å². The molecule has 0 aliphatic carbocycles. The van der Waals surface area contributed by atoms with E-state index in [9.17, 15) is 22.8 Å². The second-order valence-corrected chi connectivity index (χ2v) is 7.57. The van der Waals surface area contributed by atoms with Gasteiger partial charge in [0.1, 0.15) is 0 Å². The van der Waals surface area contributed by atoms with Gasteiger partial charge in [0.25, 0.3) is 11.8 Å². The molecule has 0 saturated heterocycles. The van der Waals surface area contributed by atoms with Gasteiger partial charge in [-0.15, -0.1) is 0 Å². The van der Waals surface area contributed by atoms with Crippen LogP contribution < -0.4 is 0 Å². The summed E-state index contributed by atoms with van der Waals surface area (Å²) in [5.74, 6) is -0.721. The minimum absolute atomic E-state index is 0.255. The van der Waals surface area contributed by atoms with E-state index in [2.05, 4.69) is 0 Å². The van der Waals surface area contributed by atoms with Crippen LogP contribution in [0.4, 0.5) is 13.2 Å². The van der Waals surface area contributed by atoms with E-state index in [-0.39, 0.29) is 18.4 Å². The predicted molar refractivity (Wildman–Crippen MR) is 108 cm³/mol. The van der Waals surface area contributed by atoms with Crippen molar-refractivity contribution < 1.29 is 22.8 Å². The van der Waals surface area contributed by atoms with E-state index < -0.39 is 11.7 Å². The smallest absolute Gasteiger partial charge is 0.308 e. The second-order valence-electron chi connectivity index (χ2n) is 7.57. The summed E-state index contributed by atoms with van der Waals surface area (Å²) < 4.78 is 38.6. The van der Waals surface area contributed by atoms with Crippen molar-refractivity contribution in [1.29, 1.82) is 0 Å². The van der Waals surface area contributed by atoms with Crippen molar-refractivity contribution in [1.82, 2.24) is 9.80 Å². The molecule has 1 heterocycles. The number of benzene rings is 3. The summed E-state index contributed by atoms with van der Waals surface area (Å²) in [6, 6.07) is 13.5. The highest BCUT2D eigenvalue weighted by Crippen LogP contribution is 2.36. The zero-order chi connectivity index (χ0) is 21.6. The Bertz CT molecular complexity index is 1150. The normalized spacial score (nSPS) is 14.1. The number of carbonyl (C=O) groups is 2. The fraction of sp³-hybridized carbons (Fsp3) is 0.217. The van der Waals surface area contributed by atoms with Crippen molar-refractivity contribution in [3.8, 4) is 11.1 Å². The summed E-state index contributed by atoms with van der Waals surface area (Å²) in [5, 5.41) is 1.29. The van der Waals surface area contributed by atoms with Crippen molar-refractivity contribution in [2.75, 3.05) is 27.2 Å². The Kier molecular flexibility index (Phi) is 4.86. The summed E-state index contributed by atoms with van der Waals surface area (Å²) in [6.45, 7) is 0.784. The van der Waals surface area contributed by atoms with Crippen LogP contribution in [0.25, 0.3) is 21.9 Å². The van der Waals surface area contributed by atoms with Crippen molar-refractivity contribution in [3.05, 3.63) is 71.3 Å². The fourth-order valence-electron chi connectivity index (χ4n) is 3.68. The van der Waals surface area contributed by atoms with Gasteiger partial charge in [-0.1, -0.05) is 24.3 Å². The highest BCUT2D eigenvalue weighted by atomic mass is 19.4. The molecule has 3 aromatic carbocycles. The predicted octanol–water partition coefficient (Wildman–Crippen LogP) is 4.68. The van der Waals surface area contributed by atoms with Crippen molar-refractivity contribution in [3.63, 3.8) is 0 Å². The molecule has 0 aromatic heterocycles. The molecule has 2 amide bonds. The van der Waals surface area contributed by atoms with E-state index >= 15 is 0 Å². The van der Waals surface area contributed by atoms with Crippen LogP contribution in [0.15, 0.2) is 54.6 Å². The minimum atomic E-state index is -4.41. The van der Waals surface area contributed by atoms with Crippen molar-refractivity contribution in [2.45, 2.75) is 6.18 Å². The SMILES string of the molecule is CN(C)CCN1C(=O)c2cccc3cc(-c4ccc(C(F)(F)F)cc4)cc(c23)C1=O. The Morgan fingerprint density at radius 2 is 1.53 bits per heavy atom. The van der Waals surface area contributed by atoms with E-state index in [1.165, 1.54) is 17.0 Å². The van der Waals surface area contributed by atoms with Crippen molar-refractivity contribution >= 4 is 22.6 Å². The summed E-state index contributed by atoms with van der Waals surface area (Å²) in [5.41, 5.74) is 1.30. The van der Waals surface area contributed by atoms with Gasteiger partial charge in [0.2, 0.25) is 0 Å². The van der Waals surface area contributed by atoms with E-state index in [1.807, 2.05) is 19.0 Å². The molecule has 0 radical (unpaired) electrons. The number of amides is 2. The fourth-order valence-corrected chi connectivity index (χ4v) is 3.68. The monoisotopic (exact) mass is 412 g/mol. The number of halogens is 3. The lowest BCUT2D eigenvalue weighted by atomic mass is 9.90. The van der Waals surface area contributed by atoms with E-state index in [4.69, 9.17) is 0 Å². The molecule has 0 atom stereocenters. The first-order valence-corrected chi connectivity index (χ1v) is 9.42. The third-order valence-corrected chi connectivity index (χ3v) is 5.24. The number of rotatable bonds is 4. The minimum Gasteiger partial charge on any atom is -0.308 e. The van der Waals surface area contributed by atoms with Crippen LogP contribution >= 0.6 is 0 Å². The van der Waals surface area contributed by atoms with Gasteiger partial charge in [0.15, 0.2) is 0 Å². The average Bonchev–Trinajstić information content (AvgIpc) is 2.70. The number of alkyl halides is 3. The molecule has 1 aliphatic heterocycles. The molecule has 0 fully saturated rings. The number of hydrogen-bond donors (Lipinski definition) is 0. The first kappa shape index (κ1) is 20.1. The van der Waals surface area contributed by atoms with Gasteiger partial charge in [-0.2, -0.15) is 13.2 Å². The lowest BCUT2D eigenvalue weighted by Gasteiger charge is -2.28. The maximum atomic E-state index is 13.1. The largest absolute Gasteiger partial charge is 0.416 e. The maximum absolute atomic E-state index is 13.1. The zero-order valence-corrected chi connectivity index (χ0v) is 16.5. The molecule has 0 saturated carbocycles. The molecule has 1 aliphatic rings. The molecular formula is C23H19F3N2O2. The van der Waals surface area contributed by atoms with Crippen LogP contribution in [-0.4, -0.2) is 48.8 Å². The van der Waals surface area contributed by atoms with E-state index in [0.29, 0.717) is 39.6 Å². The molecular weight excluding hydrogens is 393 g/mol. The van der Waals surface area contributed by atoms with Crippen LogP contribution in [0.3, 0.4) is 0 Å². The third-order valence-electron chi connectivity index (χ3n) is 5.24. The Hall–Kier alpha value is -3.19. The molecule has 0 spiro atoms. The van der Waals surface area contributed by atoms with Crippen LogP contribution in [0.1, 0.15) is 26.3 Å². The zero-order valence-electron chi connectivity index (χ0n) is 16.5. The summed E-state index contributed by atoms with van der Waals surface area (Å²) in [7, 11) is 3.71. The van der Waals surface area contributed by atoms with Gasteiger partial charge in [-0.05, 0) is 60.9 Å². The standard InChI is InChI=1S/C23H19F3N2O2/c1-27(2)10-11-28-21(29)18-5-3-4-15-12-16(13-19(20(15)18)22(28)30)14-6-8-17(9-7-14)23(24,25)26/h3-9,12-13H,10-11H2,1-2H3. The van der Waals surface area contributed by atoms with Crippen LogP contribution in [0.2, 0.25) is 0 Å². The Morgan fingerprint density at radius 1 is 0.867 bits per heavy atom. The number of likely N-dealkylation sites (N-methyl/N-ethyl adjacent to an activating group) is 1. The molecule has 154 valence electrons. The van der Waals surface area contributed by atoms with Gasteiger partial charge in [0, 0.05) is 29.6 Å². The summed E-state index contributed by atoms with van der Waals surface area (Å²) in [4.78, 5) is 29.1. The lowest BCUT2D eigenvalue weighted by molar-refractivity contribution is -0.137. The number of imide groups is 1. The van der Waals surface area contributed by atoms with Crippen LogP contribution in [-0.2, 0) is 6.18 Å². The van der Waals surface area contributed by atoms with Gasteiger partial charge < -0.3 is 4.90 Å². The van der Waals surface area contributed by atoms with Gasteiger partial charge in [-0.25, -0.2) is 0 Å². The molecule has 3 aromatic rings. The molecule has 7 heteroatoms. The van der Waals surface area contributed by atoms with E-state index in [1.54, 1.807) is 30.3 Å². The quantitative estimate of drug-likeness (QED) is 0.584. The number of carbonyl (C=O) groups excluding carboxylic acids is 2. The topological polar surface area (TPSA) is 40.6 Å². The molecule has 4 nitrogen and oxygen atoms in total. The Labute approximate surface area is 171 Å². The number of hydrogen-bond acceptors (Lipinski definition) is 3. The highest BCUT2D eigenvalue weighted by Gasteiger charge is 2.33. The lowest BCUT2D eigenvalue weighted by Crippen LogP contribution is -2.43. The Balaban J connectivity index is 1.82. The van der Waals surface area contributed by atoms with Crippen molar-refractivity contribution in [2.24, 2.45) is 0 Å². The summed E-state index contributed by atoms with van der Waals surface area (Å²) in [6.07, 6.45) is -4.41. The summed E-state index contributed by atoms with van der Waals surface area (Å²) >= 11 is 0. The van der Waals surface area contributed by atoms with Gasteiger partial charge >= 0.3 is 6.18 Å². The molecule has 0 unspecified atom stereocenters. The van der Waals surface area contributed by atoms with Crippen LogP contribution in [0.5, 0.6) is 0 Å². The van der Waals surface area contributed by atoms with Crippen LogP contribution in [0, 0.1) is 0 Å². The first-order chi connectivity index (χ1) is 14.2. The maximum Gasteiger partial charge on any atom is 0.416 e. The highest BCUT2D eigenvalue weighted by molar-refractivity contribution is 6.26. The number of nitrogens with zero attached hydrogens (tertiary/aromatic N) is 2. The second kappa shape index (κ2) is 7.25. The molecule has 4 rings (SSSR count). The average molecular weight is 412 g/mol. The van der Waals surface area contributed by atoms with Gasteiger partial charge in [-0.3, -0.25) is 14.5 Å². The molecule has 30 heavy (non-hydrogen) atoms. The molecule has 0 bridgehead atoms. The Morgan fingerprint density at radius 3 is 2.17 bits per heavy atom. The molecule has 0 N–H and O–H groups in total. The first-order valence-electron chi connectivity index (χ1n) is 9.42. The third kappa shape index (κ3) is 3.45.